The standard InChI is InChI=1S/C7H13NO2/c1-2-5-10-7-8-3-6-9-4-1/h3H,1-2,4-7H2. The number of aliphatic imine (C=N–C) groups is 1. The van der Waals surface area contributed by atoms with Gasteiger partial charge in [0.2, 0.25) is 0 Å². The topological polar surface area (TPSA) is 30.8 Å². The molecule has 0 fully saturated rings. The summed E-state index contributed by atoms with van der Waals surface area (Å²) < 4.78 is 10.4. The van der Waals surface area contributed by atoms with Gasteiger partial charge in [-0.15, -0.1) is 0 Å². The van der Waals surface area contributed by atoms with Gasteiger partial charge in [-0.2, -0.15) is 0 Å². The molecule has 3 nitrogen and oxygen atoms in total. The molecule has 0 spiro atoms. The van der Waals surface area contributed by atoms with Crippen molar-refractivity contribution in [3.63, 3.8) is 0 Å². The minimum absolute atomic E-state index is 0.489. The lowest BCUT2D eigenvalue weighted by atomic mass is 10.3. The molecule has 0 N–H and O–H groups in total. The molecule has 3 heteroatoms. The fraction of sp³-hybridized carbons (Fsp3) is 0.857. The summed E-state index contributed by atoms with van der Waals surface area (Å²) in [7, 11) is 0. The van der Waals surface area contributed by atoms with Gasteiger partial charge in [0.25, 0.3) is 0 Å². The van der Waals surface area contributed by atoms with Crippen LogP contribution in [0.25, 0.3) is 0 Å². The molecule has 0 aromatic heterocycles. The number of rotatable bonds is 0. The molecule has 1 heterocycles. The van der Waals surface area contributed by atoms with Crippen LogP contribution >= 0.6 is 0 Å². The Hall–Kier alpha value is -0.410. The zero-order valence-corrected chi connectivity index (χ0v) is 6.08. The van der Waals surface area contributed by atoms with Gasteiger partial charge in [-0.25, -0.2) is 0 Å². The van der Waals surface area contributed by atoms with Crippen LogP contribution in [-0.4, -0.2) is 32.8 Å². The first-order chi connectivity index (χ1) is 5.00. The summed E-state index contributed by atoms with van der Waals surface area (Å²) in [6, 6.07) is 0. The van der Waals surface area contributed by atoms with E-state index < -0.39 is 0 Å². The molecule has 0 atom stereocenters. The van der Waals surface area contributed by atoms with E-state index >= 15 is 0 Å². The van der Waals surface area contributed by atoms with Crippen LogP contribution in [0.3, 0.4) is 0 Å². The molecule has 0 bridgehead atoms. The maximum Gasteiger partial charge on any atom is 0.137 e. The van der Waals surface area contributed by atoms with E-state index in [1.54, 1.807) is 6.21 Å². The van der Waals surface area contributed by atoms with Crippen molar-refractivity contribution in [2.45, 2.75) is 12.8 Å². The summed E-state index contributed by atoms with van der Waals surface area (Å²) in [4.78, 5) is 3.96. The molecule has 0 saturated heterocycles. The average molecular weight is 143 g/mol. The van der Waals surface area contributed by atoms with Gasteiger partial charge in [-0.05, 0) is 12.8 Å². The summed E-state index contributed by atoms with van der Waals surface area (Å²) in [6.07, 6.45) is 3.93. The van der Waals surface area contributed by atoms with Crippen LogP contribution in [0.1, 0.15) is 12.8 Å². The third-order valence-corrected chi connectivity index (χ3v) is 1.31. The molecule has 0 aromatic rings. The van der Waals surface area contributed by atoms with Gasteiger partial charge < -0.3 is 9.47 Å². The van der Waals surface area contributed by atoms with Crippen LogP contribution in [0.15, 0.2) is 4.99 Å². The average Bonchev–Trinajstić information content (AvgIpc) is 2.01. The molecule has 1 aliphatic heterocycles. The molecule has 0 amide bonds. The number of hydrogen-bond acceptors (Lipinski definition) is 3. The number of nitrogens with zero attached hydrogens (tertiary/aromatic N) is 1. The molecular weight excluding hydrogens is 130 g/mol. The van der Waals surface area contributed by atoms with Crippen molar-refractivity contribution < 1.29 is 9.47 Å². The molecule has 0 aliphatic carbocycles. The van der Waals surface area contributed by atoms with Gasteiger partial charge in [-0.3, -0.25) is 4.99 Å². The van der Waals surface area contributed by atoms with Crippen LogP contribution < -0.4 is 0 Å². The van der Waals surface area contributed by atoms with E-state index in [2.05, 4.69) is 4.99 Å². The minimum Gasteiger partial charge on any atom is -0.376 e. The molecule has 0 saturated carbocycles. The molecule has 1 aliphatic rings. The predicted octanol–water partition coefficient (Wildman–Crippen LogP) is 0.842. The second-order valence-electron chi connectivity index (χ2n) is 2.18. The van der Waals surface area contributed by atoms with Crippen LogP contribution in [0.4, 0.5) is 0 Å². The first-order valence-electron chi connectivity index (χ1n) is 3.64. The quantitative estimate of drug-likeness (QED) is 0.503. The lowest BCUT2D eigenvalue weighted by Crippen LogP contribution is -2.04. The molecule has 0 aromatic carbocycles. The Kier molecular flexibility index (Phi) is 4.14. The van der Waals surface area contributed by atoms with Crippen LogP contribution in [0, 0.1) is 0 Å². The number of hydrogen-bond donors (Lipinski definition) is 0. The normalized spacial score (nSPS) is 22.4. The highest BCUT2D eigenvalue weighted by Crippen LogP contribution is 1.92. The second kappa shape index (κ2) is 5.38. The summed E-state index contributed by atoms with van der Waals surface area (Å²) in [6.45, 7) is 2.75. The van der Waals surface area contributed by atoms with Gasteiger partial charge in [0, 0.05) is 19.4 Å². The zero-order valence-electron chi connectivity index (χ0n) is 6.08. The van der Waals surface area contributed by atoms with Crippen LogP contribution in [-0.2, 0) is 9.47 Å². The Balaban J connectivity index is 2.13. The van der Waals surface area contributed by atoms with Crippen LogP contribution in [0.2, 0.25) is 0 Å². The first-order valence-corrected chi connectivity index (χ1v) is 3.64. The highest BCUT2D eigenvalue weighted by molar-refractivity contribution is 5.58. The van der Waals surface area contributed by atoms with Crippen molar-refractivity contribution in [1.29, 1.82) is 0 Å². The molecule has 0 radical (unpaired) electrons. The van der Waals surface area contributed by atoms with Crippen molar-refractivity contribution in [3.05, 3.63) is 0 Å². The monoisotopic (exact) mass is 143 g/mol. The molecular formula is C7H13NO2. The zero-order chi connectivity index (χ0) is 7.07. The first kappa shape index (κ1) is 7.69. The summed E-state index contributed by atoms with van der Waals surface area (Å²) in [5.41, 5.74) is 0. The molecule has 1 rings (SSSR count). The predicted molar refractivity (Wildman–Crippen MR) is 39.4 cm³/mol. The van der Waals surface area contributed by atoms with Crippen molar-refractivity contribution in [2.75, 3.05) is 26.6 Å². The third kappa shape index (κ3) is 3.58. The molecule has 0 unspecified atom stereocenters. The van der Waals surface area contributed by atoms with E-state index in [4.69, 9.17) is 9.47 Å². The lowest BCUT2D eigenvalue weighted by molar-refractivity contribution is 0.114. The maximum absolute atomic E-state index is 5.21. The van der Waals surface area contributed by atoms with Gasteiger partial charge in [0.1, 0.15) is 6.73 Å². The van der Waals surface area contributed by atoms with Gasteiger partial charge in [-0.1, -0.05) is 0 Å². The van der Waals surface area contributed by atoms with Gasteiger partial charge in [0.15, 0.2) is 0 Å². The van der Waals surface area contributed by atoms with Crippen molar-refractivity contribution in [1.82, 2.24) is 0 Å². The van der Waals surface area contributed by atoms with E-state index in [1.165, 1.54) is 0 Å². The Labute approximate surface area is 61.0 Å². The highest BCUT2D eigenvalue weighted by atomic mass is 16.5. The third-order valence-electron chi connectivity index (χ3n) is 1.31. The van der Waals surface area contributed by atoms with Gasteiger partial charge in [0.05, 0.1) is 6.61 Å². The fourth-order valence-electron chi connectivity index (χ4n) is 0.767. The highest BCUT2D eigenvalue weighted by Gasteiger charge is 1.91. The second-order valence-corrected chi connectivity index (χ2v) is 2.18. The van der Waals surface area contributed by atoms with Crippen LogP contribution in [0.5, 0.6) is 0 Å². The van der Waals surface area contributed by atoms with Gasteiger partial charge >= 0.3 is 0 Å². The summed E-state index contributed by atoms with van der Waals surface area (Å²) >= 11 is 0. The number of ether oxygens (including phenoxy) is 2. The Morgan fingerprint density at radius 1 is 1.10 bits per heavy atom. The van der Waals surface area contributed by atoms with E-state index in [-0.39, 0.29) is 0 Å². The summed E-state index contributed by atoms with van der Waals surface area (Å²) in [5.74, 6) is 0. The molecule has 10 heavy (non-hydrogen) atoms. The molecule has 58 valence electrons. The Morgan fingerprint density at radius 2 is 1.90 bits per heavy atom. The van der Waals surface area contributed by atoms with E-state index in [9.17, 15) is 0 Å². The Morgan fingerprint density at radius 3 is 2.80 bits per heavy atom. The Bertz CT molecular complexity index is 91.8. The summed E-state index contributed by atoms with van der Waals surface area (Å²) in [5, 5.41) is 0. The van der Waals surface area contributed by atoms with Crippen molar-refractivity contribution in [2.24, 2.45) is 4.99 Å². The van der Waals surface area contributed by atoms with E-state index in [1.807, 2.05) is 0 Å². The van der Waals surface area contributed by atoms with Crippen molar-refractivity contribution in [3.8, 4) is 0 Å². The van der Waals surface area contributed by atoms with Crippen molar-refractivity contribution >= 4 is 6.21 Å². The fourth-order valence-corrected chi connectivity index (χ4v) is 0.767. The minimum atomic E-state index is 0.489. The maximum atomic E-state index is 5.21. The lowest BCUT2D eigenvalue weighted by Gasteiger charge is -2.04. The largest absolute Gasteiger partial charge is 0.376 e. The van der Waals surface area contributed by atoms with E-state index in [0.717, 1.165) is 26.1 Å². The smallest absolute Gasteiger partial charge is 0.137 e. The van der Waals surface area contributed by atoms with E-state index in [0.29, 0.717) is 13.3 Å². The SMILES string of the molecule is C1=NCOCCCCOC1.